The van der Waals surface area contributed by atoms with Crippen LogP contribution in [-0.4, -0.2) is 28.6 Å². The molecule has 2 heterocycles. The summed E-state index contributed by atoms with van der Waals surface area (Å²) in [5.41, 5.74) is 2.79. The molecule has 0 spiro atoms. The summed E-state index contributed by atoms with van der Waals surface area (Å²) in [6.07, 6.45) is 15.3. The van der Waals surface area contributed by atoms with Crippen molar-refractivity contribution in [3.63, 3.8) is 0 Å². The molecule has 3 rings (SSSR count). The first-order valence-corrected chi connectivity index (χ1v) is 14.3. The lowest BCUT2D eigenvalue weighted by Gasteiger charge is -2.13. The highest BCUT2D eigenvalue weighted by Gasteiger charge is 2.18. The fourth-order valence-corrected chi connectivity index (χ4v) is 4.87. The van der Waals surface area contributed by atoms with E-state index in [9.17, 15) is 4.79 Å². The van der Waals surface area contributed by atoms with Gasteiger partial charge in [-0.1, -0.05) is 89.5 Å². The lowest BCUT2D eigenvalue weighted by Crippen LogP contribution is -2.14. The minimum atomic E-state index is -0.247. The van der Waals surface area contributed by atoms with Gasteiger partial charge in [0, 0.05) is 11.1 Å². The fourth-order valence-electron chi connectivity index (χ4n) is 4.07. The van der Waals surface area contributed by atoms with E-state index >= 15 is 0 Å². The van der Waals surface area contributed by atoms with E-state index in [0.29, 0.717) is 23.1 Å². The smallest absolute Gasteiger partial charge is 0.349 e. The third-order valence-electron chi connectivity index (χ3n) is 6.22. The minimum absolute atomic E-state index is 0.0746. The van der Waals surface area contributed by atoms with Gasteiger partial charge >= 0.3 is 5.97 Å². The van der Waals surface area contributed by atoms with Crippen LogP contribution in [-0.2, 0) is 4.74 Å². The molecule has 1 atom stereocenters. The van der Waals surface area contributed by atoms with Crippen LogP contribution in [0.4, 0.5) is 0 Å². The highest BCUT2D eigenvalue weighted by Crippen LogP contribution is 2.31. The Morgan fingerprint density at radius 1 is 0.861 bits per heavy atom. The molecule has 6 heteroatoms. The van der Waals surface area contributed by atoms with Crippen LogP contribution in [0.15, 0.2) is 48.1 Å². The van der Waals surface area contributed by atoms with Crippen molar-refractivity contribution < 1.29 is 14.3 Å². The summed E-state index contributed by atoms with van der Waals surface area (Å²) in [5, 5.41) is 1.94. The van der Waals surface area contributed by atoms with E-state index < -0.39 is 0 Å². The minimum Gasteiger partial charge on any atom is -0.490 e. The fraction of sp³-hybridized carbons (Fsp3) is 0.500. The predicted molar refractivity (Wildman–Crippen MR) is 149 cm³/mol. The highest BCUT2D eigenvalue weighted by atomic mass is 32.1. The molecule has 0 fully saturated rings. The molecule has 0 aliphatic heterocycles. The molecule has 0 N–H and O–H groups in total. The van der Waals surface area contributed by atoms with Crippen LogP contribution in [0.1, 0.15) is 94.7 Å². The monoisotopic (exact) mass is 508 g/mol. The number of hydrogen-bond donors (Lipinski definition) is 0. The standard InChI is InChI=1S/C30H40N2O3S/c1-4-6-8-9-10-11-12-19-34-26-21-31-29(32-22-26)25-16-14-24(15-17-25)27-18-20-36-28(27)30(33)35-23(3)13-7-5-2/h14-18,20-23H,4-13,19H2,1-3H3. The summed E-state index contributed by atoms with van der Waals surface area (Å²) in [5.74, 6) is 1.11. The lowest BCUT2D eigenvalue weighted by atomic mass is 10.0. The van der Waals surface area contributed by atoms with Crippen molar-refractivity contribution in [2.45, 2.75) is 91.1 Å². The van der Waals surface area contributed by atoms with Gasteiger partial charge in [0.2, 0.25) is 0 Å². The molecule has 1 aromatic carbocycles. The number of benzene rings is 1. The van der Waals surface area contributed by atoms with E-state index in [1.807, 2.05) is 42.6 Å². The first-order valence-electron chi connectivity index (χ1n) is 13.5. The number of unbranched alkanes of at least 4 members (excludes halogenated alkanes) is 7. The zero-order chi connectivity index (χ0) is 25.6. The molecule has 0 bridgehead atoms. The molecule has 0 aliphatic rings. The maximum Gasteiger partial charge on any atom is 0.349 e. The van der Waals surface area contributed by atoms with Crippen LogP contribution >= 0.6 is 11.3 Å². The van der Waals surface area contributed by atoms with Gasteiger partial charge in [0.1, 0.15) is 4.88 Å². The molecule has 0 amide bonds. The van der Waals surface area contributed by atoms with Gasteiger partial charge in [-0.15, -0.1) is 11.3 Å². The van der Waals surface area contributed by atoms with E-state index in [1.165, 1.54) is 49.9 Å². The molecule has 194 valence electrons. The number of rotatable bonds is 16. The van der Waals surface area contributed by atoms with E-state index in [0.717, 1.165) is 42.4 Å². The quantitative estimate of drug-likeness (QED) is 0.143. The second-order valence-corrected chi connectivity index (χ2v) is 10.2. The Morgan fingerprint density at radius 3 is 2.19 bits per heavy atom. The Bertz CT molecular complexity index is 1030. The van der Waals surface area contributed by atoms with Crippen LogP contribution in [0.25, 0.3) is 22.5 Å². The second-order valence-electron chi connectivity index (χ2n) is 9.31. The van der Waals surface area contributed by atoms with Gasteiger partial charge in [-0.05, 0) is 36.8 Å². The Morgan fingerprint density at radius 2 is 1.50 bits per heavy atom. The molecule has 36 heavy (non-hydrogen) atoms. The van der Waals surface area contributed by atoms with Gasteiger partial charge in [-0.25, -0.2) is 14.8 Å². The summed E-state index contributed by atoms with van der Waals surface area (Å²) in [6.45, 7) is 7.05. The number of esters is 1. The predicted octanol–water partition coefficient (Wildman–Crippen LogP) is 8.74. The van der Waals surface area contributed by atoms with Crippen LogP contribution in [0.5, 0.6) is 5.75 Å². The molecular formula is C30H40N2O3S. The van der Waals surface area contributed by atoms with Crippen molar-refractivity contribution in [1.29, 1.82) is 0 Å². The molecule has 1 unspecified atom stereocenters. The zero-order valence-corrected chi connectivity index (χ0v) is 22.8. The second kappa shape index (κ2) is 15.4. The highest BCUT2D eigenvalue weighted by molar-refractivity contribution is 7.12. The number of hydrogen-bond acceptors (Lipinski definition) is 6. The first kappa shape index (κ1) is 27.9. The Labute approximate surface area is 220 Å². The van der Waals surface area contributed by atoms with Crippen molar-refractivity contribution in [2.24, 2.45) is 0 Å². The summed E-state index contributed by atoms with van der Waals surface area (Å²) in [4.78, 5) is 22.3. The molecule has 0 saturated carbocycles. The molecule has 0 aliphatic carbocycles. The van der Waals surface area contributed by atoms with Gasteiger partial charge in [-0.3, -0.25) is 0 Å². The van der Waals surface area contributed by atoms with E-state index in [-0.39, 0.29) is 12.1 Å². The summed E-state index contributed by atoms with van der Waals surface area (Å²) >= 11 is 1.42. The van der Waals surface area contributed by atoms with Crippen molar-refractivity contribution in [2.75, 3.05) is 6.61 Å². The zero-order valence-electron chi connectivity index (χ0n) is 22.0. The van der Waals surface area contributed by atoms with E-state index in [1.54, 1.807) is 12.4 Å². The van der Waals surface area contributed by atoms with Gasteiger partial charge in [-0.2, -0.15) is 0 Å². The molecule has 5 nitrogen and oxygen atoms in total. The molecular weight excluding hydrogens is 468 g/mol. The van der Waals surface area contributed by atoms with Crippen molar-refractivity contribution in [3.8, 4) is 28.3 Å². The number of ether oxygens (including phenoxy) is 2. The van der Waals surface area contributed by atoms with E-state index in [2.05, 4.69) is 23.8 Å². The Kier molecular flexibility index (Phi) is 11.9. The average Bonchev–Trinajstić information content (AvgIpc) is 3.40. The van der Waals surface area contributed by atoms with E-state index in [4.69, 9.17) is 9.47 Å². The molecule has 0 saturated heterocycles. The van der Waals surface area contributed by atoms with Gasteiger partial charge in [0.25, 0.3) is 0 Å². The Balaban J connectivity index is 1.52. The van der Waals surface area contributed by atoms with Crippen molar-refractivity contribution >= 4 is 17.3 Å². The van der Waals surface area contributed by atoms with Crippen LogP contribution < -0.4 is 4.74 Å². The largest absolute Gasteiger partial charge is 0.490 e. The average molecular weight is 509 g/mol. The maximum absolute atomic E-state index is 12.7. The number of nitrogens with zero attached hydrogens (tertiary/aromatic N) is 2. The lowest BCUT2D eigenvalue weighted by molar-refractivity contribution is 0.0327. The Hall–Kier alpha value is -2.73. The summed E-state index contributed by atoms with van der Waals surface area (Å²) in [7, 11) is 0. The SMILES string of the molecule is CCCCCCCCCOc1cnc(-c2ccc(-c3ccsc3C(=O)OC(C)CCCC)cc2)nc1. The summed E-state index contributed by atoms with van der Waals surface area (Å²) in [6, 6.07) is 9.95. The number of thiophene rings is 1. The number of carbonyl (C=O) groups is 1. The molecule has 0 radical (unpaired) electrons. The maximum atomic E-state index is 12.7. The first-order chi connectivity index (χ1) is 17.6. The number of carbonyl (C=O) groups excluding carboxylic acids is 1. The van der Waals surface area contributed by atoms with Gasteiger partial charge in [0.05, 0.1) is 25.1 Å². The van der Waals surface area contributed by atoms with Gasteiger partial charge in [0.15, 0.2) is 11.6 Å². The third kappa shape index (κ3) is 8.74. The molecule has 3 aromatic rings. The van der Waals surface area contributed by atoms with Crippen molar-refractivity contribution in [1.82, 2.24) is 9.97 Å². The van der Waals surface area contributed by atoms with Crippen molar-refractivity contribution in [3.05, 3.63) is 53.0 Å². The third-order valence-corrected chi connectivity index (χ3v) is 7.12. The van der Waals surface area contributed by atoms with Crippen LogP contribution in [0, 0.1) is 0 Å². The normalized spacial score (nSPS) is 11.9. The van der Waals surface area contributed by atoms with Crippen LogP contribution in [0.3, 0.4) is 0 Å². The molecule has 2 aromatic heterocycles. The van der Waals surface area contributed by atoms with Gasteiger partial charge < -0.3 is 9.47 Å². The van der Waals surface area contributed by atoms with Crippen LogP contribution in [0.2, 0.25) is 0 Å². The summed E-state index contributed by atoms with van der Waals surface area (Å²) < 4.78 is 11.5. The topological polar surface area (TPSA) is 61.3 Å². The number of aromatic nitrogens is 2.